The molecule has 3 rings (SSSR count). The first kappa shape index (κ1) is 13.3. The van der Waals surface area contributed by atoms with Crippen molar-refractivity contribution in [2.75, 3.05) is 13.1 Å². The normalized spacial score (nSPS) is 20.2. The predicted molar refractivity (Wildman–Crippen MR) is 79.6 cm³/mol. The lowest BCUT2D eigenvalue weighted by Crippen LogP contribution is -2.34. The molecule has 0 bridgehead atoms. The van der Waals surface area contributed by atoms with Crippen molar-refractivity contribution in [3.8, 4) is 0 Å². The zero-order valence-electron chi connectivity index (χ0n) is 12.3. The van der Waals surface area contributed by atoms with Crippen LogP contribution in [-0.2, 0) is 6.54 Å². The first-order chi connectivity index (χ1) is 9.70. The number of aromatic nitrogens is 3. The summed E-state index contributed by atoms with van der Waals surface area (Å²) in [6.45, 7) is 7.34. The molecular formula is C16H22N4. The Morgan fingerprint density at radius 2 is 2.15 bits per heavy atom. The molecule has 106 valence electrons. The molecule has 3 heterocycles. The quantitative estimate of drug-likeness (QED) is 0.932. The van der Waals surface area contributed by atoms with Gasteiger partial charge < -0.3 is 4.98 Å². The Balaban J connectivity index is 1.64. The molecule has 0 unspecified atom stereocenters. The fourth-order valence-electron chi connectivity index (χ4n) is 2.91. The topological polar surface area (TPSA) is 44.8 Å². The summed E-state index contributed by atoms with van der Waals surface area (Å²) in [4.78, 5) is 14.8. The van der Waals surface area contributed by atoms with Crippen LogP contribution in [0.25, 0.3) is 0 Å². The summed E-state index contributed by atoms with van der Waals surface area (Å²) in [5.41, 5.74) is 3.53. The average Bonchev–Trinajstić information content (AvgIpc) is 2.89. The van der Waals surface area contributed by atoms with E-state index in [1.54, 1.807) is 0 Å². The predicted octanol–water partition coefficient (Wildman–Crippen LogP) is 2.80. The van der Waals surface area contributed by atoms with Crippen LogP contribution < -0.4 is 0 Å². The summed E-state index contributed by atoms with van der Waals surface area (Å²) in [5.74, 6) is 1.69. The van der Waals surface area contributed by atoms with Crippen LogP contribution >= 0.6 is 0 Å². The molecule has 1 aliphatic rings. The van der Waals surface area contributed by atoms with Crippen LogP contribution in [0.5, 0.6) is 0 Å². The van der Waals surface area contributed by atoms with E-state index in [4.69, 9.17) is 0 Å². The number of H-pyrrole nitrogens is 1. The molecule has 1 N–H and O–H groups in total. The molecule has 20 heavy (non-hydrogen) atoms. The van der Waals surface area contributed by atoms with Gasteiger partial charge in [-0.25, -0.2) is 4.98 Å². The molecule has 0 saturated carbocycles. The van der Waals surface area contributed by atoms with E-state index in [1.807, 2.05) is 19.3 Å². The highest BCUT2D eigenvalue weighted by Crippen LogP contribution is 2.25. The Bertz CT molecular complexity index is 558. The highest BCUT2D eigenvalue weighted by Gasteiger charge is 2.23. The van der Waals surface area contributed by atoms with Crippen molar-refractivity contribution >= 4 is 0 Å². The highest BCUT2D eigenvalue weighted by molar-refractivity contribution is 5.13. The standard InChI is InChI=1S/C16H22N4/c1-12-5-6-14(9-17-12)10-20-7-3-4-15(11-20)16-18-8-13(2)19-16/h5-6,8-9,15H,3-4,7,10-11H2,1-2H3,(H,18,19)/t15-/m1/s1. The molecule has 1 atom stereocenters. The first-order valence-corrected chi connectivity index (χ1v) is 7.36. The maximum atomic E-state index is 4.50. The van der Waals surface area contributed by atoms with Gasteiger partial charge in [-0.2, -0.15) is 0 Å². The van der Waals surface area contributed by atoms with Gasteiger partial charge in [-0.1, -0.05) is 6.07 Å². The van der Waals surface area contributed by atoms with Crippen molar-refractivity contribution in [2.24, 2.45) is 0 Å². The first-order valence-electron chi connectivity index (χ1n) is 7.36. The van der Waals surface area contributed by atoms with Gasteiger partial charge in [0, 0.05) is 42.8 Å². The summed E-state index contributed by atoms with van der Waals surface area (Å²) in [7, 11) is 0. The van der Waals surface area contributed by atoms with Crippen LogP contribution in [0.1, 0.15) is 41.5 Å². The number of rotatable bonds is 3. The lowest BCUT2D eigenvalue weighted by atomic mass is 9.97. The van der Waals surface area contributed by atoms with Crippen LogP contribution in [-0.4, -0.2) is 32.9 Å². The third kappa shape index (κ3) is 3.07. The molecule has 2 aromatic heterocycles. The number of imidazole rings is 1. The number of aromatic amines is 1. The fourth-order valence-corrected chi connectivity index (χ4v) is 2.91. The van der Waals surface area contributed by atoms with Crippen LogP contribution in [0.2, 0.25) is 0 Å². The Hall–Kier alpha value is -1.68. The number of likely N-dealkylation sites (tertiary alicyclic amines) is 1. The summed E-state index contributed by atoms with van der Waals surface area (Å²) in [6.07, 6.45) is 6.40. The monoisotopic (exact) mass is 270 g/mol. The van der Waals surface area contributed by atoms with Crippen LogP contribution in [0.3, 0.4) is 0 Å². The Labute approximate surface area is 120 Å². The van der Waals surface area contributed by atoms with Crippen molar-refractivity contribution in [1.29, 1.82) is 0 Å². The number of aryl methyl sites for hydroxylation is 2. The average molecular weight is 270 g/mol. The van der Waals surface area contributed by atoms with E-state index < -0.39 is 0 Å². The molecular weight excluding hydrogens is 248 g/mol. The second-order valence-electron chi connectivity index (χ2n) is 5.83. The molecule has 4 nitrogen and oxygen atoms in total. The highest BCUT2D eigenvalue weighted by atomic mass is 15.1. The lowest BCUT2D eigenvalue weighted by molar-refractivity contribution is 0.197. The number of pyridine rings is 1. The Morgan fingerprint density at radius 3 is 2.85 bits per heavy atom. The van der Waals surface area contributed by atoms with E-state index >= 15 is 0 Å². The molecule has 1 fully saturated rings. The number of hydrogen-bond acceptors (Lipinski definition) is 3. The van der Waals surface area contributed by atoms with Gasteiger partial charge in [-0.3, -0.25) is 9.88 Å². The van der Waals surface area contributed by atoms with Gasteiger partial charge in [0.15, 0.2) is 0 Å². The van der Waals surface area contributed by atoms with E-state index in [9.17, 15) is 0 Å². The Kier molecular flexibility index (Phi) is 3.83. The molecule has 0 radical (unpaired) electrons. The van der Waals surface area contributed by atoms with Crippen molar-refractivity contribution in [3.05, 3.63) is 47.3 Å². The molecule has 0 aliphatic carbocycles. The van der Waals surface area contributed by atoms with Crippen LogP contribution in [0.15, 0.2) is 24.5 Å². The summed E-state index contributed by atoms with van der Waals surface area (Å²) < 4.78 is 0. The Morgan fingerprint density at radius 1 is 1.25 bits per heavy atom. The van der Waals surface area contributed by atoms with E-state index in [-0.39, 0.29) is 0 Å². The van der Waals surface area contributed by atoms with Crippen molar-refractivity contribution in [2.45, 2.75) is 39.2 Å². The van der Waals surface area contributed by atoms with E-state index in [0.717, 1.165) is 30.3 Å². The van der Waals surface area contributed by atoms with E-state index in [1.165, 1.54) is 24.9 Å². The molecule has 0 amide bonds. The van der Waals surface area contributed by atoms with Gasteiger partial charge in [0.1, 0.15) is 5.82 Å². The third-order valence-electron chi connectivity index (χ3n) is 3.99. The van der Waals surface area contributed by atoms with Crippen molar-refractivity contribution in [1.82, 2.24) is 19.9 Å². The van der Waals surface area contributed by atoms with Gasteiger partial charge in [-0.15, -0.1) is 0 Å². The van der Waals surface area contributed by atoms with Crippen LogP contribution in [0.4, 0.5) is 0 Å². The second kappa shape index (κ2) is 5.75. The molecule has 1 aliphatic heterocycles. The van der Waals surface area contributed by atoms with E-state index in [0.29, 0.717) is 5.92 Å². The minimum absolute atomic E-state index is 0.538. The number of nitrogens with one attached hydrogen (secondary N) is 1. The maximum Gasteiger partial charge on any atom is 0.110 e. The van der Waals surface area contributed by atoms with Gasteiger partial charge in [0.25, 0.3) is 0 Å². The van der Waals surface area contributed by atoms with E-state index in [2.05, 4.69) is 38.9 Å². The summed E-state index contributed by atoms with van der Waals surface area (Å²) >= 11 is 0. The van der Waals surface area contributed by atoms with Crippen molar-refractivity contribution in [3.63, 3.8) is 0 Å². The third-order valence-corrected chi connectivity index (χ3v) is 3.99. The molecule has 1 saturated heterocycles. The van der Waals surface area contributed by atoms with Crippen molar-refractivity contribution < 1.29 is 0 Å². The minimum Gasteiger partial charge on any atom is -0.346 e. The number of hydrogen-bond donors (Lipinski definition) is 1. The summed E-state index contributed by atoms with van der Waals surface area (Å²) in [5, 5.41) is 0. The lowest BCUT2D eigenvalue weighted by Gasteiger charge is -2.31. The van der Waals surface area contributed by atoms with Gasteiger partial charge in [0.05, 0.1) is 0 Å². The van der Waals surface area contributed by atoms with Gasteiger partial charge in [-0.05, 0) is 44.9 Å². The SMILES string of the molecule is Cc1ccc(CN2CCC[C@@H](c3ncc(C)[nH]3)C2)cn1. The maximum absolute atomic E-state index is 4.50. The van der Waals surface area contributed by atoms with Crippen LogP contribution in [0, 0.1) is 13.8 Å². The number of piperidine rings is 1. The van der Waals surface area contributed by atoms with Gasteiger partial charge in [0.2, 0.25) is 0 Å². The largest absolute Gasteiger partial charge is 0.346 e. The summed E-state index contributed by atoms with van der Waals surface area (Å²) in [6, 6.07) is 4.27. The molecule has 4 heteroatoms. The van der Waals surface area contributed by atoms with Gasteiger partial charge >= 0.3 is 0 Å². The minimum atomic E-state index is 0.538. The second-order valence-corrected chi connectivity index (χ2v) is 5.83. The fraction of sp³-hybridized carbons (Fsp3) is 0.500. The molecule has 0 spiro atoms. The zero-order chi connectivity index (χ0) is 13.9. The smallest absolute Gasteiger partial charge is 0.110 e. The molecule has 2 aromatic rings. The molecule has 0 aromatic carbocycles. The zero-order valence-corrected chi connectivity index (χ0v) is 12.3. The number of nitrogens with zero attached hydrogens (tertiary/aromatic N) is 3.